The molecule has 0 aliphatic heterocycles. The molecule has 2 nitrogen and oxygen atoms in total. The van der Waals surface area contributed by atoms with Gasteiger partial charge in [0.05, 0.1) is 5.69 Å². The Hall–Kier alpha value is -1.07. The molecule has 1 aromatic heterocycles. The summed E-state index contributed by atoms with van der Waals surface area (Å²) < 4.78 is 15.2. The largest absolute Gasteiger partial charge is 0.380 e. The molecule has 0 atom stereocenters. The van der Waals surface area contributed by atoms with Crippen LogP contribution in [0.2, 0.25) is 0 Å². The third-order valence-electron chi connectivity index (χ3n) is 3.19. The van der Waals surface area contributed by atoms with E-state index in [2.05, 4.69) is 27.3 Å². The molecule has 108 valence electrons. The van der Waals surface area contributed by atoms with Crippen LogP contribution in [0.15, 0.2) is 34.1 Å². The van der Waals surface area contributed by atoms with Crippen molar-refractivity contribution >= 4 is 38.6 Å². The topological polar surface area (TPSA) is 15.3 Å². The molecular weight excluding hydrogens is 339 g/mol. The van der Waals surface area contributed by atoms with Gasteiger partial charge in [-0.3, -0.25) is 0 Å². The van der Waals surface area contributed by atoms with Gasteiger partial charge in [0.2, 0.25) is 0 Å². The smallest absolute Gasteiger partial charge is 0.148 e. The summed E-state index contributed by atoms with van der Waals surface area (Å²) in [6.07, 6.45) is 0. The van der Waals surface area contributed by atoms with Crippen molar-refractivity contribution in [2.24, 2.45) is 0 Å². The summed E-state index contributed by atoms with van der Waals surface area (Å²) in [7, 11) is 1.90. The van der Waals surface area contributed by atoms with Crippen LogP contribution in [0, 0.1) is 5.82 Å². The van der Waals surface area contributed by atoms with Crippen LogP contribution in [0.1, 0.15) is 18.7 Å². The average Bonchev–Trinajstić information content (AvgIpc) is 2.81. The van der Waals surface area contributed by atoms with E-state index >= 15 is 0 Å². The van der Waals surface area contributed by atoms with E-state index in [1.807, 2.05) is 43.3 Å². The van der Waals surface area contributed by atoms with Crippen LogP contribution >= 0.6 is 27.3 Å². The van der Waals surface area contributed by atoms with Gasteiger partial charge in [-0.25, -0.2) is 4.39 Å². The molecule has 0 aliphatic carbocycles. The first-order valence-corrected chi connectivity index (χ1v) is 8.14. The third kappa shape index (κ3) is 3.73. The number of benzene rings is 1. The Bertz CT molecular complexity index is 583. The second kappa shape index (κ2) is 6.59. The first-order chi connectivity index (χ1) is 9.47. The Balaban J connectivity index is 2.05. The van der Waals surface area contributed by atoms with E-state index in [9.17, 15) is 4.39 Å². The van der Waals surface area contributed by atoms with Crippen LogP contribution in [0.25, 0.3) is 0 Å². The summed E-state index contributed by atoms with van der Waals surface area (Å²) in [5.41, 5.74) is 1.43. The number of nitrogens with one attached hydrogen (secondary N) is 1. The van der Waals surface area contributed by atoms with Crippen LogP contribution < -0.4 is 10.2 Å². The molecule has 1 N–H and O–H groups in total. The summed E-state index contributed by atoms with van der Waals surface area (Å²) >= 11 is 5.10. The van der Waals surface area contributed by atoms with Crippen molar-refractivity contribution in [3.63, 3.8) is 0 Å². The van der Waals surface area contributed by atoms with Gasteiger partial charge >= 0.3 is 0 Å². The minimum Gasteiger partial charge on any atom is -0.380 e. The van der Waals surface area contributed by atoms with Crippen LogP contribution in [-0.2, 0) is 6.54 Å². The molecule has 0 aliphatic rings. The van der Waals surface area contributed by atoms with Gasteiger partial charge in [-0.2, -0.15) is 0 Å². The highest BCUT2D eigenvalue weighted by molar-refractivity contribution is 9.10. The van der Waals surface area contributed by atoms with Gasteiger partial charge in [0, 0.05) is 40.1 Å². The van der Waals surface area contributed by atoms with Crippen molar-refractivity contribution in [1.29, 1.82) is 0 Å². The summed E-state index contributed by atoms with van der Waals surface area (Å²) in [4.78, 5) is 3.14. The molecule has 0 radical (unpaired) electrons. The molecule has 1 heterocycles. The molecule has 0 amide bonds. The highest BCUT2D eigenvalue weighted by Gasteiger charge is 2.11. The zero-order valence-corrected chi connectivity index (χ0v) is 14.2. The maximum absolute atomic E-state index is 14.1. The molecule has 2 aromatic rings. The summed E-state index contributed by atoms with van der Waals surface area (Å²) in [6.45, 7) is 4.79. The lowest BCUT2D eigenvalue weighted by Crippen LogP contribution is -2.26. The molecule has 0 saturated heterocycles. The van der Waals surface area contributed by atoms with Crippen molar-refractivity contribution in [3.05, 3.63) is 44.8 Å². The fraction of sp³-hybridized carbons (Fsp3) is 0.333. The van der Waals surface area contributed by atoms with E-state index in [0.717, 1.165) is 10.2 Å². The summed E-state index contributed by atoms with van der Waals surface area (Å²) in [6, 6.07) is 7.63. The number of nitrogens with zero attached hydrogens (tertiary/aromatic N) is 1. The Morgan fingerprint density at radius 1 is 1.35 bits per heavy atom. The molecule has 0 spiro atoms. The predicted octanol–water partition coefficient (Wildman–Crippen LogP) is 5.11. The van der Waals surface area contributed by atoms with Crippen molar-refractivity contribution in [2.45, 2.75) is 26.4 Å². The molecule has 2 rings (SSSR count). The van der Waals surface area contributed by atoms with Gasteiger partial charge in [-0.1, -0.05) is 0 Å². The monoisotopic (exact) mass is 356 g/mol. The van der Waals surface area contributed by atoms with Crippen LogP contribution in [0.4, 0.5) is 15.8 Å². The first-order valence-electron chi connectivity index (χ1n) is 6.46. The number of hydrogen-bond acceptors (Lipinski definition) is 3. The van der Waals surface area contributed by atoms with E-state index in [4.69, 9.17) is 0 Å². The molecule has 0 saturated carbocycles. The van der Waals surface area contributed by atoms with Gasteiger partial charge in [0.25, 0.3) is 0 Å². The van der Waals surface area contributed by atoms with Crippen LogP contribution in [0.5, 0.6) is 0 Å². The quantitative estimate of drug-likeness (QED) is 0.800. The van der Waals surface area contributed by atoms with Gasteiger partial charge in [0.1, 0.15) is 5.82 Å². The van der Waals surface area contributed by atoms with E-state index < -0.39 is 0 Å². The fourth-order valence-corrected chi connectivity index (χ4v) is 3.21. The standard InChI is InChI=1S/C15H18BrFN2S/c1-10(2)19(3)15-5-4-12(7-14(15)17)18-8-13-6-11(16)9-20-13/h4-7,9-10,18H,8H2,1-3H3. The minimum absolute atomic E-state index is 0.196. The van der Waals surface area contributed by atoms with E-state index in [1.54, 1.807) is 17.4 Å². The minimum atomic E-state index is -0.196. The highest BCUT2D eigenvalue weighted by atomic mass is 79.9. The number of hydrogen-bond donors (Lipinski definition) is 1. The molecule has 1 aromatic carbocycles. The molecule has 20 heavy (non-hydrogen) atoms. The van der Waals surface area contributed by atoms with E-state index in [-0.39, 0.29) is 11.9 Å². The van der Waals surface area contributed by atoms with Gasteiger partial charge < -0.3 is 10.2 Å². The van der Waals surface area contributed by atoms with E-state index in [1.165, 1.54) is 4.88 Å². The Morgan fingerprint density at radius 2 is 2.10 bits per heavy atom. The first kappa shape index (κ1) is 15.3. The van der Waals surface area contributed by atoms with Crippen molar-refractivity contribution < 1.29 is 4.39 Å². The zero-order chi connectivity index (χ0) is 14.7. The number of halogens is 2. The molecule has 5 heteroatoms. The fourth-order valence-electron chi connectivity index (χ4n) is 1.82. The lowest BCUT2D eigenvalue weighted by Gasteiger charge is -2.24. The van der Waals surface area contributed by atoms with Crippen LogP contribution in [0.3, 0.4) is 0 Å². The number of anilines is 2. The second-order valence-electron chi connectivity index (χ2n) is 4.96. The molecular formula is C15H18BrFN2S. The second-order valence-corrected chi connectivity index (χ2v) is 6.87. The predicted molar refractivity (Wildman–Crippen MR) is 89.3 cm³/mol. The van der Waals surface area contributed by atoms with Gasteiger partial charge in [-0.15, -0.1) is 11.3 Å². The lowest BCUT2D eigenvalue weighted by atomic mass is 10.2. The normalized spacial score (nSPS) is 10.9. The van der Waals surface area contributed by atoms with E-state index in [0.29, 0.717) is 12.2 Å². The Kier molecular flexibility index (Phi) is 5.05. The SMILES string of the molecule is CC(C)N(C)c1ccc(NCc2cc(Br)cs2)cc1F. The van der Waals surface area contributed by atoms with Crippen LogP contribution in [-0.4, -0.2) is 13.1 Å². The lowest BCUT2D eigenvalue weighted by molar-refractivity contribution is 0.614. The molecule has 0 unspecified atom stereocenters. The average molecular weight is 357 g/mol. The summed E-state index contributed by atoms with van der Waals surface area (Å²) in [5, 5.41) is 5.28. The Morgan fingerprint density at radius 3 is 2.65 bits per heavy atom. The van der Waals surface area contributed by atoms with Crippen molar-refractivity contribution in [2.75, 3.05) is 17.3 Å². The summed E-state index contributed by atoms with van der Waals surface area (Å²) in [5.74, 6) is -0.196. The van der Waals surface area contributed by atoms with Crippen molar-refractivity contribution in [1.82, 2.24) is 0 Å². The third-order valence-corrected chi connectivity index (χ3v) is 4.89. The van der Waals surface area contributed by atoms with Crippen molar-refractivity contribution in [3.8, 4) is 0 Å². The molecule has 0 fully saturated rings. The number of rotatable bonds is 5. The maximum Gasteiger partial charge on any atom is 0.148 e. The maximum atomic E-state index is 14.1. The Labute approximate surface area is 131 Å². The van der Waals surface area contributed by atoms with Gasteiger partial charge in [0.15, 0.2) is 0 Å². The highest BCUT2D eigenvalue weighted by Crippen LogP contribution is 2.25. The molecule has 0 bridgehead atoms. The zero-order valence-electron chi connectivity index (χ0n) is 11.8. The number of thiophene rings is 1. The van der Waals surface area contributed by atoms with Gasteiger partial charge in [-0.05, 0) is 54.0 Å².